The fourth-order valence-electron chi connectivity index (χ4n) is 0.972. The molecule has 78 valence electrons. The third kappa shape index (κ3) is 3.40. The summed E-state index contributed by atoms with van der Waals surface area (Å²) in [4.78, 5) is 0. The number of hydrogen-bond donors (Lipinski definition) is 2. The fourth-order valence-corrected chi connectivity index (χ4v) is 2.38. The van der Waals surface area contributed by atoms with Crippen molar-refractivity contribution in [2.45, 2.75) is 26.0 Å². The molecule has 0 fully saturated rings. The number of anilines is 1. The lowest BCUT2D eigenvalue weighted by molar-refractivity contribution is 0.178. The number of aliphatic hydroxyl groups excluding tert-OH is 1. The van der Waals surface area contributed by atoms with E-state index in [4.69, 9.17) is 0 Å². The van der Waals surface area contributed by atoms with Crippen molar-refractivity contribution in [3.63, 3.8) is 0 Å². The van der Waals surface area contributed by atoms with Gasteiger partial charge >= 0.3 is 0 Å². The molecule has 0 amide bonds. The maximum Gasteiger partial charge on any atom is 0.0710 e. The van der Waals surface area contributed by atoms with Crippen molar-refractivity contribution in [2.75, 3.05) is 5.32 Å². The molecule has 0 aliphatic rings. The summed E-state index contributed by atoms with van der Waals surface area (Å²) in [5.74, 6) is 0. The highest BCUT2D eigenvalue weighted by Gasteiger charge is 2.09. The van der Waals surface area contributed by atoms with E-state index in [1.807, 2.05) is 25.1 Å². The molecule has 1 aromatic rings. The Morgan fingerprint density at radius 1 is 1.43 bits per heavy atom. The Morgan fingerprint density at radius 3 is 2.57 bits per heavy atom. The highest BCUT2D eigenvalue weighted by Crippen LogP contribution is 2.25. The van der Waals surface area contributed by atoms with Gasteiger partial charge in [-0.25, -0.2) is 0 Å². The fraction of sp³-hybridized carbons (Fsp3) is 0.400. The van der Waals surface area contributed by atoms with Crippen molar-refractivity contribution >= 4 is 44.2 Å². The topological polar surface area (TPSA) is 32.3 Å². The zero-order chi connectivity index (χ0) is 10.7. The van der Waals surface area contributed by atoms with Crippen LogP contribution in [-0.2, 0) is 0 Å². The van der Waals surface area contributed by atoms with Gasteiger partial charge in [0.2, 0.25) is 0 Å². The molecule has 2 unspecified atom stereocenters. The first-order chi connectivity index (χ1) is 6.50. The van der Waals surface area contributed by atoms with Gasteiger partial charge in [0.05, 0.1) is 6.10 Å². The van der Waals surface area contributed by atoms with Crippen LogP contribution in [0.5, 0.6) is 0 Å². The molecule has 2 N–H and O–H groups in total. The van der Waals surface area contributed by atoms with Gasteiger partial charge in [0.1, 0.15) is 0 Å². The van der Waals surface area contributed by atoms with Crippen LogP contribution in [0.15, 0.2) is 22.7 Å². The molecule has 2 nitrogen and oxygen atoms in total. The Bertz CT molecular complexity index is 317. The van der Waals surface area contributed by atoms with Gasteiger partial charge in [-0.2, -0.15) is 0 Å². The van der Waals surface area contributed by atoms with Gasteiger partial charge < -0.3 is 10.4 Å². The van der Waals surface area contributed by atoms with Gasteiger partial charge in [-0.1, -0.05) is 0 Å². The lowest BCUT2D eigenvalue weighted by Crippen LogP contribution is -2.27. The number of halogens is 2. The Labute approximate surface area is 106 Å². The SMILES string of the molecule is CC(O)C(C)Nc1ccc(I)cc1Br. The van der Waals surface area contributed by atoms with Crippen LogP contribution < -0.4 is 5.32 Å². The molecule has 0 radical (unpaired) electrons. The summed E-state index contributed by atoms with van der Waals surface area (Å²) in [6, 6.07) is 6.12. The van der Waals surface area contributed by atoms with Gasteiger partial charge in [-0.3, -0.25) is 0 Å². The molecule has 0 aromatic heterocycles. The van der Waals surface area contributed by atoms with Gasteiger partial charge in [0.15, 0.2) is 0 Å². The second kappa shape index (κ2) is 5.32. The predicted molar refractivity (Wildman–Crippen MR) is 71.6 cm³/mol. The summed E-state index contributed by atoms with van der Waals surface area (Å²) in [7, 11) is 0. The minimum absolute atomic E-state index is 0.0476. The molecule has 0 spiro atoms. The molecule has 1 aromatic carbocycles. The highest BCUT2D eigenvalue weighted by atomic mass is 127. The molecule has 0 saturated heterocycles. The molecule has 0 bridgehead atoms. The van der Waals surface area contributed by atoms with Crippen molar-refractivity contribution in [3.8, 4) is 0 Å². The van der Waals surface area contributed by atoms with Crippen molar-refractivity contribution in [2.24, 2.45) is 0 Å². The molecular weight excluding hydrogens is 357 g/mol. The second-order valence-electron chi connectivity index (χ2n) is 3.30. The quantitative estimate of drug-likeness (QED) is 0.801. The van der Waals surface area contributed by atoms with E-state index in [9.17, 15) is 5.11 Å². The second-order valence-corrected chi connectivity index (χ2v) is 5.40. The van der Waals surface area contributed by atoms with E-state index >= 15 is 0 Å². The molecule has 2 atom stereocenters. The van der Waals surface area contributed by atoms with Crippen LogP contribution in [0.3, 0.4) is 0 Å². The molecule has 1 rings (SSSR count). The number of aliphatic hydroxyl groups is 1. The lowest BCUT2D eigenvalue weighted by Gasteiger charge is -2.18. The molecule has 0 aliphatic carbocycles. The van der Waals surface area contributed by atoms with E-state index in [2.05, 4.69) is 43.8 Å². The number of rotatable bonds is 3. The third-order valence-electron chi connectivity index (χ3n) is 2.04. The van der Waals surface area contributed by atoms with E-state index < -0.39 is 0 Å². The minimum Gasteiger partial charge on any atom is -0.391 e. The van der Waals surface area contributed by atoms with Crippen molar-refractivity contribution in [1.82, 2.24) is 0 Å². The third-order valence-corrected chi connectivity index (χ3v) is 3.36. The molecule has 0 saturated carbocycles. The Balaban J connectivity index is 2.77. The smallest absolute Gasteiger partial charge is 0.0710 e. The van der Waals surface area contributed by atoms with E-state index in [0.717, 1.165) is 10.2 Å². The average molecular weight is 370 g/mol. The van der Waals surface area contributed by atoms with Crippen LogP contribution in [0, 0.1) is 3.57 Å². The van der Waals surface area contributed by atoms with E-state index in [-0.39, 0.29) is 12.1 Å². The molecular formula is C10H13BrINO. The summed E-state index contributed by atoms with van der Waals surface area (Å²) in [5.41, 5.74) is 1.01. The first kappa shape index (κ1) is 12.3. The van der Waals surface area contributed by atoms with Gasteiger partial charge in [-0.05, 0) is 70.6 Å². The normalized spacial score (nSPS) is 14.9. The Kier molecular flexibility index (Phi) is 4.66. The van der Waals surface area contributed by atoms with Gasteiger partial charge in [0.25, 0.3) is 0 Å². The van der Waals surface area contributed by atoms with Crippen LogP contribution in [0.4, 0.5) is 5.69 Å². The first-order valence-electron chi connectivity index (χ1n) is 4.40. The van der Waals surface area contributed by atoms with Crippen LogP contribution in [0.25, 0.3) is 0 Å². The van der Waals surface area contributed by atoms with Crippen molar-refractivity contribution in [3.05, 3.63) is 26.2 Å². The van der Waals surface area contributed by atoms with Crippen LogP contribution >= 0.6 is 38.5 Å². The number of benzene rings is 1. The number of nitrogens with one attached hydrogen (secondary N) is 1. The molecule has 0 aliphatic heterocycles. The standard InChI is InChI=1S/C10H13BrINO/c1-6(7(2)14)13-10-4-3-8(12)5-9(10)11/h3-7,13-14H,1-2H3. The monoisotopic (exact) mass is 369 g/mol. The van der Waals surface area contributed by atoms with Crippen LogP contribution in [0.2, 0.25) is 0 Å². The molecule has 0 heterocycles. The maximum atomic E-state index is 9.35. The highest BCUT2D eigenvalue weighted by molar-refractivity contribution is 14.1. The summed E-state index contributed by atoms with van der Waals surface area (Å²) in [6.07, 6.45) is -0.360. The van der Waals surface area contributed by atoms with Crippen molar-refractivity contribution < 1.29 is 5.11 Å². The summed E-state index contributed by atoms with van der Waals surface area (Å²) < 4.78 is 2.21. The Hall–Kier alpha value is 0.190. The lowest BCUT2D eigenvalue weighted by atomic mass is 10.2. The summed E-state index contributed by atoms with van der Waals surface area (Å²) in [6.45, 7) is 3.73. The zero-order valence-electron chi connectivity index (χ0n) is 8.09. The zero-order valence-corrected chi connectivity index (χ0v) is 11.8. The molecule has 14 heavy (non-hydrogen) atoms. The van der Waals surface area contributed by atoms with Gasteiger partial charge in [-0.15, -0.1) is 0 Å². The average Bonchev–Trinajstić information content (AvgIpc) is 2.09. The minimum atomic E-state index is -0.360. The van der Waals surface area contributed by atoms with E-state index in [0.29, 0.717) is 0 Å². The van der Waals surface area contributed by atoms with E-state index in [1.54, 1.807) is 6.92 Å². The van der Waals surface area contributed by atoms with Crippen molar-refractivity contribution in [1.29, 1.82) is 0 Å². The predicted octanol–water partition coefficient (Wildman–Crippen LogP) is 3.23. The summed E-state index contributed by atoms with van der Waals surface area (Å²) in [5, 5.41) is 12.6. The molecule has 4 heteroatoms. The Morgan fingerprint density at radius 2 is 2.07 bits per heavy atom. The number of hydrogen-bond acceptors (Lipinski definition) is 2. The van der Waals surface area contributed by atoms with Crippen LogP contribution in [-0.4, -0.2) is 17.3 Å². The van der Waals surface area contributed by atoms with Gasteiger partial charge in [0, 0.05) is 19.8 Å². The van der Waals surface area contributed by atoms with Crippen LogP contribution in [0.1, 0.15) is 13.8 Å². The first-order valence-corrected chi connectivity index (χ1v) is 6.27. The van der Waals surface area contributed by atoms with E-state index in [1.165, 1.54) is 3.57 Å². The summed E-state index contributed by atoms with van der Waals surface area (Å²) >= 11 is 5.74. The maximum absolute atomic E-state index is 9.35. The largest absolute Gasteiger partial charge is 0.391 e.